The lowest BCUT2D eigenvalue weighted by atomic mass is 10.0. The molecule has 2 aromatic carbocycles. The van der Waals surface area contributed by atoms with E-state index in [2.05, 4.69) is 38.1 Å². The van der Waals surface area contributed by atoms with Gasteiger partial charge in [0.05, 0.1) is 11.3 Å². The predicted molar refractivity (Wildman–Crippen MR) is 113 cm³/mol. The number of nitrogens with zero attached hydrogens (tertiary/aromatic N) is 1. The van der Waals surface area contributed by atoms with E-state index in [1.807, 2.05) is 25.1 Å². The monoisotopic (exact) mass is 393 g/mol. The van der Waals surface area contributed by atoms with Crippen LogP contribution in [0.15, 0.2) is 42.5 Å². The summed E-state index contributed by atoms with van der Waals surface area (Å²) in [7, 11) is 0. The van der Waals surface area contributed by atoms with Crippen molar-refractivity contribution in [1.29, 1.82) is 0 Å². The number of hydrogen-bond donors (Lipinski definition) is 2. The van der Waals surface area contributed by atoms with E-state index in [4.69, 9.17) is 0 Å². The number of carbonyl (C=O) groups excluding carboxylic acids is 2. The minimum Gasteiger partial charge on any atom is -0.322 e. The van der Waals surface area contributed by atoms with Crippen LogP contribution in [0, 0.1) is 6.92 Å². The Morgan fingerprint density at radius 2 is 1.59 bits per heavy atom. The Morgan fingerprint density at radius 3 is 2.24 bits per heavy atom. The van der Waals surface area contributed by atoms with Gasteiger partial charge in [0, 0.05) is 5.56 Å². The molecular formula is C24H31N3O2+2. The molecule has 0 unspecified atom stereocenters. The summed E-state index contributed by atoms with van der Waals surface area (Å²) in [6.07, 6.45) is 0. The largest absolute Gasteiger partial charge is 0.322 e. The Labute approximate surface area is 172 Å². The lowest BCUT2D eigenvalue weighted by Gasteiger charge is -2.32. The Morgan fingerprint density at radius 1 is 0.931 bits per heavy atom. The van der Waals surface area contributed by atoms with E-state index in [9.17, 15) is 9.59 Å². The number of aryl methyl sites for hydroxylation is 1. The van der Waals surface area contributed by atoms with Crippen LogP contribution in [0.1, 0.15) is 46.8 Å². The smallest absolute Gasteiger partial charge is 0.303 e. The number of piperazine rings is 1. The van der Waals surface area contributed by atoms with Crippen molar-refractivity contribution in [3.05, 3.63) is 64.7 Å². The fourth-order valence-electron chi connectivity index (χ4n) is 4.40. The van der Waals surface area contributed by atoms with Crippen molar-refractivity contribution in [2.24, 2.45) is 0 Å². The van der Waals surface area contributed by atoms with Crippen LogP contribution in [0.5, 0.6) is 0 Å². The molecule has 0 saturated carbocycles. The third-order valence-electron chi connectivity index (χ3n) is 6.27. The van der Waals surface area contributed by atoms with Gasteiger partial charge >= 0.3 is 5.91 Å². The quantitative estimate of drug-likeness (QED) is 0.731. The molecule has 1 fully saturated rings. The van der Waals surface area contributed by atoms with Gasteiger partial charge in [-0.2, -0.15) is 0 Å². The van der Waals surface area contributed by atoms with Gasteiger partial charge in [-0.1, -0.05) is 49.7 Å². The van der Waals surface area contributed by atoms with Crippen molar-refractivity contribution in [2.75, 3.05) is 37.7 Å². The number of amides is 1. The second-order valence-corrected chi connectivity index (χ2v) is 8.81. The van der Waals surface area contributed by atoms with Gasteiger partial charge in [0.1, 0.15) is 32.7 Å². The van der Waals surface area contributed by atoms with Gasteiger partial charge in [-0.05, 0) is 30.5 Å². The molecule has 5 heteroatoms. The first-order valence-electron chi connectivity index (χ1n) is 10.6. The summed E-state index contributed by atoms with van der Waals surface area (Å²) < 4.78 is 0. The van der Waals surface area contributed by atoms with Crippen LogP contribution in [0.4, 0.5) is 5.69 Å². The molecule has 1 saturated heterocycles. The molecular weight excluding hydrogens is 362 g/mol. The number of carbonyl (C=O) groups is 2. The zero-order chi connectivity index (χ0) is 20.5. The topological polar surface area (TPSA) is 46.3 Å². The number of Topliss-reactive ketones (excluding diaryl/α,β-unsaturated/α-hetero) is 1. The average molecular weight is 394 g/mol. The molecule has 0 radical (unpaired) electrons. The van der Waals surface area contributed by atoms with E-state index in [0.717, 1.165) is 44.0 Å². The Bertz CT molecular complexity index is 912. The second kappa shape index (κ2) is 8.09. The zero-order valence-corrected chi connectivity index (χ0v) is 17.6. The zero-order valence-electron chi connectivity index (χ0n) is 17.6. The van der Waals surface area contributed by atoms with E-state index in [1.54, 1.807) is 9.80 Å². The lowest BCUT2D eigenvalue weighted by Crippen LogP contribution is -3.28. The van der Waals surface area contributed by atoms with Crippen molar-refractivity contribution in [1.82, 2.24) is 0 Å². The maximum absolute atomic E-state index is 12.5. The van der Waals surface area contributed by atoms with Gasteiger partial charge < -0.3 is 9.80 Å². The van der Waals surface area contributed by atoms with Crippen molar-refractivity contribution < 1.29 is 19.4 Å². The molecule has 2 heterocycles. The first-order valence-corrected chi connectivity index (χ1v) is 10.6. The fourth-order valence-corrected chi connectivity index (χ4v) is 4.40. The molecule has 5 nitrogen and oxygen atoms in total. The number of fused-ring (bicyclic) bond motifs is 1. The van der Waals surface area contributed by atoms with Gasteiger partial charge in [0.25, 0.3) is 5.78 Å². The first-order chi connectivity index (χ1) is 13.9. The molecule has 2 aliphatic heterocycles. The lowest BCUT2D eigenvalue weighted by molar-refractivity contribution is -1.02. The third kappa shape index (κ3) is 4.11. The molecule has 0 atom stereocenters. The average Bonchev–Trinajstić information content (AvgIpc) is 2.94. The van der Waals surface area contributed by atoms with Crippen LogP contribution in [0.2, 0.25) is 0 Å². The Hall–Kier alpha value is -2.50. The number of rotatable bonds is 5. The number of anilines is 1. The van der Waals surface area contributed by atoms with Crippen LogP contribution in [-0.4, -0.2) is 44.5 Å². The van der Waals surface area contributed by atoms with Crippen molar-refractivity contribution in [2.45, 2.75) is 33.2 Å². The maximum atomic E-state index is 12.5. The highest BCUT2D eigenvalue weighted by Gasteiger charge is 2.38. The first kappa shape index (κ1) is 19.8. The van der Waals surface area contributed by atoms with Crippen molar-refractivity contribution >= 4 is 17.4 Å². The maximum Gasteiger partial charge on any atom is 0.303 e. The summed E-state index contributed by atoms with van der Waals surface area (Å²) in [6.45, 7) is 12.2. The summed E-state index contributed by atoms with van der Waals surface area (Å²) >= 11 is 0. The van der Waals surface area contributed by atoms with Crippen LogP contribution in [-0.2, 0) is 11.3 Å². The van der Waals surface area contributed by atoms with Gasteiger partial charge in [-0.3, -0.25) is 14.5 Å². The van der Waals surface area contributed by atoms with E-state index >= 15 is 0 Å². The Kier molecular flexibility index (Phi) is 5.52. The van der Waals surface area contributed by atoms with E-state index in [-0.39, 0.29) is 11.7 Å². The highest BCUT2D eigenvalue weighted by Crippen LogP contribution is 2.28. The SMILES string of the molecule is Cc1ccc2c(c1)C(=O)C(=O)N2C[NH+]1CC[NH+](Cc2ccc(C(C)C)cc2)CC1. The van der Waals surface area contributed by atoms with Crippen LogP contribution in [0.25, 0.3) is 0 Å². The van der Waals surface area contributed by atoms with Gasteiger partial charge in [0.15, 0.2) is 6.67 Å². The molecule has 2 aliphatic rings. The van der Waals surface area contributed by atoms with Crippen LogP contribution >= 0.6 is 0 Å². The number of quaternary nitrogens is 2. The predicted octanol–water partition coefficient (Wildman–Crippen LogP) is 0.589. The van der Waals surface area contributed by atoms with Crippen LogP contribution in [0.3, 0.4) is 0 Å². The summed E-state index contributed by atoms with van der Waals surface area (Å²) in [5.74, 6) is -0.173. The fraction of sp³-hybridized carbons (Fsp3) is 0.417. The molecule has 2 N–H and O–H groups in total. The molecule has 0 spiro atoms. The standard InChI is InChI=1S/C24H29N3O2/c1-17(2)20-7-5-19(6-8-20)15-25-10-12-26(13-11-25)16-27-22-9-4-18(3)14-21(22)23(28)24(27)29/h4-9,14,17H,10-13,15-16H2,1-3H3/p+2. The van der Waals surface area contributed by atoms with Crippen LogP contribution < -0.4 is 14.7 Å². The third-order valence-corrected chi connectivity index (χ3v) is 6.27. The minimum atomic E-state index is -0.377. The number of nitrogens with one attached hydrogen (secondary N) is 2. The molecule has 152 valence electrons. The molecule has 0 aromatic heterocycles. The van der Waals surface area contributed by atoms with Gasteiger partial charge in [-0.25, -0.2) is 0 Å². The number of hydrogen-bond acceptors (Lipinski definition) is 2. The van der Waals surface area contributed by atoms with Gasteiger partial charge in [-0.15, -0.1) is 0 Å². The molecule has 0 bridgehead atoms. The van der Waals surface area contributed by atoms with E-state index < -0.39 is 0 Å². The highest BCUT2D eigenvalue weighted by molar-refractivity contribution is 6.52. The Balaban J connectivity index is 1.34. The molecule has 29 heavy (non-hydrogen) atoms. The summed E-state index contributed by atoms with van der Waals surface area (Å²) in [5.41, 5.74) is 5.12. The van der Waals surface area contributed by atoms with E-state index in [1.165, 1.54) is 16.0 Å². The summed E-state index contributed by atoms with van der Waals surface area (Å²) in [5, 5.41) is 0. The molecule has 0 aliphatic carbocycles. The number of ketones is 1. The summed E-state index contributed by atoms with van der Waals surface area (Å²) in [4.78, 5) is 29.4. The van der Waals surface area contributed by atoms with E-state index in [0.29, 0.717) is 18.2 Å². The van der Waals surface area contributed by atoms with Gasteiger partial charge in [0.2, 0.25) is 0 Å². The highest BCUT2D eigenvalue weighted by atomic mass is 16.2. The summed E-state index contributed by atoms with van der Waals surface area (Å²) in [6, 6.07) is 14.7. The minimum absolute atomic E-state index is 0.364. The second-order valence-electron chi connectivity index (χ2n) is 8.81. The normalized spacial score (nSPS) is 21.7. The van der Waals surface area contributed by atoms with Crippen molar-refractivity contribution in [3.63, 3.8) is 0 Å². The molecule has 1 amide bonds. The molecule has 2 aromatic rings. The number of benzene rings is 2. The molecule has 4 rings (SSSR count). The van der Waals surface area contributed by atoms with Crippen molar-refractivity contribution in [3.8, 4) is 0 Å².